The van der Waals surface area contributed by atoms with Crippen LogP contribution in [0.5, 0.6) is 5.06 Å². The first-order valence-electron chi connectivity index (χ1n) is 8.06. The molecule has 0 unspecified atom stereocenters. The summed E-state index contributed by atoms with van der Waals surface area (Å²) in [6, 6.07) is 11.5. The number of hydrogen-bond donors (Lipinski definition) is 0. The summed E-state index contributed by atoms with van der Waals surface area (Å²) in [5.41, 5.74) is 1.63. The van der Waals surface area contributed by atoms with Gasteiger partial charge in [0, 0.05) is 16.5 Å². The Morgan fingerprint density at radius 1 is 1.18 bits per heavy atom. The van der Waals surface area contributed by atoms with Gasteiger partial charge in [0.1, 0.15) is 11.6 Å². The van der Waals surface area contributed by atoms with E-state index in [1.54, 1.807) is 13.0 Å². The van der Waals surface area contributed by atoms with Gasteiger partial charge in [-0.15, -0.1) is 0 Å². The zero-order valence-electron chi connectivity index (χ0n) is 14.5. The summed E-state index contributed by atoms with van der Waals surface area (Å²) < 4.78 is 37.4. The second-order valence-corrected chi connectivity index (χ2v) is 6.98. The molecule has 3 rings (SSSR count). The number of ether oxygens (including phenoxy) is 2. The molecule has 28 heavy (non-hydrogen) atoms. The first-order chi connectivity index (χ1) is 13.4. The molecule has 3 aromatic rings. The lowest BCUT2D eigenvalue weighted by atomic mass is 10.0. The minimum atomic E-state index is -0.879. The maximum Gasteiger partial charge on any atom is 0.514 e. The Morgan fingerprint density at radius 3 is 2.64 bits per heavy atom. The van der Waals surface area contributed by atoms with Crippen molar-refractivity contribution in [2.75, 3.05) is 6.61 Å². The van der Waals surface area contributed by atoms with E-state index in [0.717, 1.165) is 17.4 Å². The molecule has 0 aliphatic rings. The van der Waals surface area contributed by atoms with E-state index in [9.17, 15) is 13.6 Å². The first-order valence-corrected chi connectivity index (χ1v) is 9.25. The van der Waals surface area contributed by atoms with E-state index in [0.29, 0.717) is 21.6 Å². The molecule has 4 nitrogen and oxygen atoms in total. The van der Waals surface area contributed by atoms with Crippen LogP contribution in [0.15, 0.2) is 42.5 Å². The lowest BCUT2D eigenvalue weighted by Gasteiger charge is -2.06. The van der Waals surface area contributed by atoms with E-state index in [4.69, 9.17) is 26.3 Å². The molecule has 0 atom stereocenters. The van der Waals surface area contributed by atoms with Crippen molar-refractivity contribution in [3.63, 3.8) is 0 Å². The van der Waals surface area contributed by atoms with Crippen LogP contribution in [-0.4, -0.2) is 12.8 Å². The third-order valence-corrected chi connectivity index (χ3v) is 5.03. The largest absolute Gasteiger partial charge is 0.514 e. The van der Waals surface area contributed by atoms with Gasteiger partial charge in [0.15, 0.2) is 5.06 Å². The molecule has 1 aromatic heterocycles. The lowest BCUT2D eigenvalue weighted by Crippen LogP contribution is -2.08. The van der Waals surface area contributed by atoms with Gasteiger partial charge in [-0.3, -0.25) is 0 Å². The van der Waals surface area contributed by atoms with Crippen LogP contribution < -0.4 is 4.74 Å². The molecule has 8 heteroatoms. The standard InChI is InChI=1S/C20H12ClF2NO3S/c1-2-26-20(25)27-18-9-15(12-3-4-17(23)16(21)8-12)19(28-18)13-5-11(10-24)6-14(22)7-13/h3-9H,2H2,1H3. The first kappa shape index (κ1) is 19.8. The van der Waals surface area contributed by atoms with Gasteiger partial charge in [-0.05, 0) is 48.4 Å². The number of rotatable bonds is 4. The fourth-order valence-electron chi connectivity index (χ4n) is 2.53. The highest BCUT2D eigenvalue weighted by Crippen LogP contribution is 2.44. The van der Waals surface area contributed by atoms with Crippen molar-refractivity contribution in [3.8, 4) is 32.7 Å². The van der Waals surface area contributed by atoms with Gasteiger partial charge >= 0.3 is 6.16 Å². The van der Waals surface area contributed by atoms with Crippen LogP contribution in [0.2, 0.25) is 5.02 Å². The van der Waals surface area contributed by atoms with Crippen molar-refractivity contribution in [1.82, 2.24) is 0 Å². The number of halogens is 3. The van der Waals surface area contributed by atoms with E-state index in [2.05, 4.69) is 0 Å². The molecule has 0 N–H and O–H groups in total. The van der Waals surface area contributed by atoms with Crippen molar-refractivity contribution in [2.45, 2.75) is 6.92 Å². The molecule has 0 radical (unpaired) electrons. The van der Waals surface area contributed by atoms with Crippen molar-refractivity contribution >= 4 is 29.1 Å². The minimum absolute atomic E-state index is 0.0838. The summed E-state index contributed by atoms with van der Waals surface area (Å²) in [6.07, 6.45) is -0.879. The number of benzene rings is 2. The molecule has 0 spiro atoms. The summed E-state index contributed by atoms with van der Waals surface area (Å²) in [5, 5.41) is 9.23. The highest BCUT2D eigenvalue weighted by Gasteiger charge is 2.18. The van der Waals surface area contributed by atoms with E-state index < -0.39 is 17.8 Å². The van der Waals surface area contributed by atoms with Gasteiger partial charge in [-0.1, -0.05) is 29.0 Å². The van der Waals surface area contributed by atoms with Crippen LogP contribution in [0.4, 0.5) is 13.6 Å². The predicted octanol–water partition coefficient (Wildman–Crippen LogP) is 6.42. The second kappa shape index (κ2) is 8.38. The summed E-state index contributed by atoms with van der Waals surface area (Å²) in [6.45, 7) is 1.79. The highest BCUT2D eigenvalue weighted by atomic mass is 35.5. The zero-order valence-corrected chi connectivity index (χ0v) is 16.0. The maximum absolute atomic E-state index is 13.9. The van der Waals surface area contributed by atoms with Crippen LogP contribution >= 0.6 is 22.9 Å². The van der Waals surface area contributed by atoms with E-state index in [1.165, 1.54) is 30.3 Å². The number of thiophene rings is 1. The number of nitrogens with zero attached hydrogens (tertiary/aromatic N) is 1. The van der Waals surface area contributed by atoms with E-state index in [-0.39, 0.29) is 22.3 Å². The monoisotopic (exact) mass is 419 g/mol. The fraction of sp³-hybridized carbons (Fsp3) is 0.100. The van der Waals surface area contributed by atoms with Gasteiger partial charge in [0.2, 0.25) is 0 Å². The summed E-state index contributed by atoms with van der Waals surface area (Å²) >= 11 is 6.95. The third kappa shape index (κ3) is 4.30. The number of carbonyl (C=O) groups is 1. The summed E-state index contributed by atoms with van der Waals surface area (Å²) in [7, 11) is 0. The summed E-state index contributed by atoms with van der Waals surface area (Å²) in [5.74, 6) is -1.17. The van der Waals surface area contributed by atoms with Crippen molar-refractivity contribution in [2.24, 2.45) is 0 Å². The number of carbonyl (C=O) groups excluding carboxylic acids is 1. The fourth-order valence-corrected chi connectivity index (χ4v) is 3.72. The van der Waals surface area contributed by atoms with Crippen molar-refractivity contribution in [3.05, 3.63) is 64.7 Å². The number of hydrogen-bond acceptors (Lipinski definition) is 5. The van der Waals surface area contributed by atoms with Gasteiger partial charge in [0.05, 0.1) is 23.3 Å². The Kier molecular flexibility index (Phi) is 5.93. The maximum atomic E-state index is 13.9. The molecule has 0 saturated carbocycles. The average molecular weight is 420 g/mol. The van der Waals surface area contributed by atoms with Gasteiger partial charge < -0.3 is 9.47 Å². The Balaban J connectivity index is 2.15. The predicted molar refractivity (Wildman–Crippen MR) is 102 cm³/mol. The molecular formula is C20H12ClF2NO3S. The molecular weight excluding hydrogens is 408 g/mol. The van der Waals surface area contributed by atoms with Gasteiger partial charge in [0.25, 0.3) is 0 Å². The summed E-state index contributed by atoms with van der Waals surface area (Å²) in [4.78, 5) is 12.2. The Bertz CT molecular complexity index is 1090. The SMILES string of the molecule is CCOC(=O)Oc1cc(-c2ccc(F)c(Cl)c2)c(-c2cc(F)cc(C#N)c2)s1. The molecule has 0 amide bonds. The molecule has 1 heterocycles. The normalized spacial score (nSPS) is 10.4. The topological polar surface area (TPSA) is 59.3 Å². The Hall–Kier alpha value is -2.95. The van der Waals surface area contributed by atoms with Crippen LogP contribution in [-0.2, 0) is 4.74 Å². The van der Waals surface area contributed by atoms with Crippen molar-refractivity contribution < 1.29 is 23.0 Å². The molecule has 142 valence electrons. The number of nitriles is 1. The molecule has 0 bridgehead atoms. The second-order valence-electron chi connectivity index (χ2n) is 5.56. The van der Waals surface area contributed by atoms with Gasteiger partial charge in [-0.2, -0.15) is 5.26 Å². The molecule has 0 aliphatic heterocycles. The molecule has 2 aromatic carbocycles. The lowest BCUT2D eigenvalue weighted by molar-refractivity contribution is 0.105. The quantitative estimate of drug-likeness (QED) is 0.458. The molecule has 0 aliphatic carbocycles. The zero-order chi connectivity index (χ0) is 20.3. The van der Waals surface area contributed by atoms with Crippen LogP contribution in [0.3, 0.4) is 0 Å². The third-order valence-electron chi connectivity index (χ3n) is 3.68. The minimum Gasteiger partial charge on any atom is -0.434 e. The van der Waals surface area contributed by atoms with Crippen molar-refractivity contribution in [1.29, 1.82) is 5.26 Å². The average Bonchev–Trinajstić information content (AvgIpc) is 3.07. The molecule has 0 saturated heterocycles. The van der Waals surface area contributed by atoms with E-state index in [1.807, 2.05) is 6.07 Å². The smallest absolute Gasteiger partial charge is 0.434 e. The Morgan fingerprint density at radius 2 is 1.96 bits per heavy atom. The Labute approximate surface area is 168 Å². The van der Waals surface area contributed by atoms with Crippen LogP contribution in [0.1, 0.15) is 12.5 Å². The van der Waals surface area contributed by atoms with Crippen LogP contribution in [0.25, 0.3) is 21.6 Å². The molecule has 0 fully saturated rings. The van der Waals surface area contributed by atoms with E-state index >= 15 is 0 Å². The van der Waals surface area contributed by atoms with Gasteiger partial charge in [-0.25, -0.2) is 13.6 Å². The highest BCUT2D eigenvalue weighted by molar-refractivity contribution is 7.18. The van der Waals surface area contributed by atoms with Crippen LogP contribution in [0, 0.1) is 23.0 Å².